The van der Waals surface area contributed by atoms with Gasteiger partial charge in [0.25, 0.3) is 0 Å². The van der Waals surface area contributed by atoms with Crippen molar-refractivity contribution >= 4 is 40.4 Å². The number of esters is 2. The SMILES string of the molecule is COC(=O)CNC(=O)C=C[C@H](O[Si](C)(C)C(C)(C)C)[C@H](C=CC(=O)NCC(=O)OC)O[Si](C)(C)C(C)(C)C. The predicted molar refractivity (Wildman–Crippen MR) is 152 cm³/mol. The van der Waals surface area contributed by atoms with E-state index >= 15 is 0 Å². The summed E-state index contributed by atoms with van der Waals surface area (Å²) < 4.78 is 22.5. The summed E-state index contributed by atoms with van der Waals surface area (Å²) in [5.41, 5.74) is 0. The maximum Gasteiger partial charge on any atom is 0.325 e. The van der Waals surface area contributed by atoms with Crippen LogP contribution in [0.25, 0.3) is 0 Å². The standard InChI is InChI=1S/C26H48N2O8Si2/c1-25(2,3)37(9,10)35-19(13-15-21(29)27-17-23(31)33-7)20(36-38(11,12)26(4,5)6)14-16-22(30)28-18-24(32)34-8/h13-16,19-20H,17-18H2,1-12H3,(H,27,29)(H,28,30)/t19-,20-/m0/s1. The highest BCUT2D eigenvalue weighted by molar-refractivity contribution is 6.74. The average molecular weight is 573 g/mol. The van der Waals surface area contributed by atoms with Crippen molar-refractivity contribution in [2.75, 3.05) is 27.3 Å². The number of nitrogens with one attached hydrogen (secondary N) is 2. The van der Waals surface area contributed by atoms with Gasteiger partial charge in [-0.1, -0.05) is 41.5 Å². The third kappa shape index (κ3) is 12.5. The minimum atomic E-state index is -2.37. The number of hydrogen-bond acceptors (Lipinski definition) is 8. The summed E-state index contributed by atoms with van der Waals surface area (Å²) in [4.78, 5) is 47.7. The van der Waals surface area contributed by atoms with Crippen LogP contribution in [0.2, 0.25) is 36.3 Å². The van der Waals surface area contributed by atoms with Crippen LogP contribution in [0.15, 0.2) is 24.3 Å². The summed E-state index contributed by atoms with van der Waals surface area (Å²) in [6.45, 7) is 20.4. The van der Waals surface area contributed by atoms with Crippen LogP contribution >= 0.6 is 0 Å². The Balaban J connectivity index is 6.36. The zero-order valence-corrected chi connectivity index (χ0v) is 27.1. The summed E-state index contributed by atoms with van der Waals surface area (Å²) >= 11 is 0. The fraction of sp³-hybridized carbons (Fsp3) is 0.692. The molecular formula is C26H48N2O8Si2. The Bertz CT molecular complexity index is 815. The Hall–Kier alpha value is -2.29. The maximum absolute atomic E-state index is 12.4. The summed E-state index contributed by atoms with van der Waals surface area (Å²) in [5, 5.41) is 4.66. The highest BCUT2D eigenvalue weighted by atomic mass is 28.4. The van der Waals surface area contributed by atoms with Gasteiger partial charge in [0, 0.05) is 12.2 Å². The van der Waals surface area contributed by atoms with Crippen molar-refractivity contribution < 1.29 is 37.5 Å². The van der Waals surface area contributed by atoms with Gasteiger partial charge in [-0.15, -0.1) is 0 Å². The minimum absolute atomic E-state index is 0.143. The maximum atomic E-state index is 12.4. The zero-order chi connectivity index (χ0) is 29.9. The van der Waals surface area contributed by atoms with Crippen molar-refractivity contribution in [2.24, 2.45) is 0 Å². The van der Waals surface area contributed by atoms with Crippen molar-refractivity contribution in [3.05, 3.63) is 24.3 Å². The van der Waals surface area contributed by atoms with E-state index in [4.69, 9.17) is 8.85 Å². The van der Waals surface area contributed by atoms with Crippen LogP contribution < -0.4 is 10.6 Å². The molecule has 0 radical (unpaired) electrons. The molecule has 0 bridgehead atoms. The molecule has 0 spiro atoms. The molecule has 0 saturated heterocycles. The second-order valence-corrected chi connectivity index (χ2v) is 21.5. The molecular weight excluding hydrogens is 524 g/mol. The Morgan fingerprint density at radius 3 is 1.18 bits per heavy atom. The molecule has 0 aliphatic rings. The van der Waals surface area contributed by atoms with E-state index in [1.165, 1.54) is 26.4 Å². The first-order valence-electron chi connectivity index (χ1n) is 12.6. The van der Waals surface area contributed by atoms with Crippen LogP contribution in [0, 0.1) is 0 Å². The van der Waals surface area contributed by atoms with E-state index < -0.39 is 52.6 Å². The Morgan fingerprint density at radius 1 is 0.658 bits per heavy atom. The monoisotopic (exact) mass is 572 g/mol. The number of methoxy groups -OCH3 is 2. The molecule has 2 amide bonds. The number of amides is 2. The van der Waals surface area contributed by atoms with Crippen molar-refractivity contribution in [2.45, 2.75) is 90.0 Å². The number of carbonyl (C=O) groups is 4. The highest BCUT2D eigenvalue weighted by Crippen LogP contribution is 2.40. The summed E-state index contributed by atoms with van der Waals surface area (Å²) in [6, 6.07) is 0. The van der Waals surface area contributed by atoms with E-state index in [-0.39, 0.29) is 23.2 Å². The normalized spacial score (nSPS) is 14.7. The lowest BCUT2D eigenvalue weighted by Gasteiger charge is -2.43. The quantitative estimate of drug-likeness (QED) is 0.195. The molecule has 0 saturated carbocycles. The van der Waals surface area contributed by atoms with Gasteiger partial charge in [-0.3, -0.25) is 19.2 Å². The summed E-state index contributed by atoms with van der Waals surface area (Å²) in [6.07, 6.45) is 4.38. The van der Waals surface area contributed by atoms with Crippen molar-refractivity contribution in [3.8, 4) is 0 Å². The fourth-order valence-corrected chi connectivity index (χ4v) is 4.90. The molecule has 12 heteroatoms. The number of carbonyl (C=O) groups excluding carboxylic acids is 4. The van der Waals surface area contributed by atoms with Crippen molar-refractivity contribution in [1.82, 2.24) is 10.6 Å². The lowest BCUT2D eigenvalue weighted by molar-refractivity contribution is -0.141. The average Bonchev–Trinajstić information content (AvgIpc) is 2.79. The molecule has 0 heterocycles. The third-order valence-electron chi connectivity index (χ3n) is 6.94. The molecule has 0 aliphatic heterocycles. The van der Waals surface area contributed by atoms with E-state index in [9.17, 15) is 19.2 Å². The van der Waals surface area contributed by atoms with Gasteiger partial charge in [-0.25, -0.2) is 0 Å². The molecule has 38 heavy (non-hydrogen) atoms. The third-order valence-corrected chi connectivity index (χ3v) is 15.9. The zero-order valence-electron chi connectivity index (χ0n) is 25.1. The molecule has 0 fully saturated rings. The largest absolute Gasteiger partial charge is 0.468 e. The molecule has 0 aromatic heterocycles. The first kappa shape index (κ1) is 35.7. The predicted octanol–water partition coefficient (Wildman–Crippen LogP) is 3.46. The second kappa shape index (κ2) is 14.8. The number of ether oxygens (including phenoxy) is 2. The smallest absolute Gasteiger partial charge is 0.325 e. The number of rotatable bonds is 13. The van der Waals surface area contributed by atoms with E-state index in [1.54, 1.807) is 12.2 Å². The van der Waals surface area contributed by atoms with Gasteiger partial charge in [0.05, 0.1) is 26.4 Å². The first-order valence-corrected chi connectivity index (χ1v) is 18.4. The molecule has 2 atom stereocenters. The lowest BCUT2D eigenvalue weighted by atomic mass is 10.1. The van der Waals surface area contributed by atoms with E-state index in [0.29, 0.717) is 0 Å². The molecule has 218 valence electrons. The van der Waals surface area contributed by atoms with Crippen LogP contribution in [0.4, 0.5) is 0 Å². The second-order valence-electron chi connectivity index (χ2n) is 12.0. The first-order chi connectivity index (χ1) is 17.2. The topological polar surface area (TPSA) is 129 Å². The van der Waals surface area contributed by atoms with E-state index in [2.05, 4.69) is 87.8 Å². The fourth-order valence-electron chi connectivity index (χ4n) is 2.41. The molecule has 0 aromatic carbocycles. The van der Waals surface area contributed by atoms with Gasteiger partial charge in [-0.05, 0) is 48.4 Å². The van der Waals surface area contributed by atoms with Gasteiger partial charge < -0.3 is 29.0 Å². The Morgan fingerprint density at radius 2 is 0.947 bits per heavy atom. The van der Waals surface area contributed by atoms with Crippen molar-refractivity contribution in [1.29, 1.82) is 0 Å². The van der Waals surface area contributed by atoms with Gasteiger partial charge >= 0.3 is 11.9 Å². The molecule has 2 N–H and O–H groups in total. The Kier molecular flexibility index (Phi) is 13.9. The van der Waals surface area contributed by atoms with Crippen LogP contribution in [0.5, 0.6) is 0 Å². The van der Waals surface area contributed by atoms with E-state index in [0.717, 1.165) is 0 Å². The minimum Gasteiger partial charge on any atom is -0.468 e. The number of hydrogen-bond donors (Lipinski definition) is 2. The van der Waals surface area contributed by atoms with Crippen LogP contribution in [0.1, 0.15) is 41.5 Å². The van der Waals surface area contributed by atoms with Gasteiger partial charge in [0.1, 0.15) is 13.1 Å². The Labute approximate surface area is 230 Å². The summed E-state index contributed by atoms with van der Waals surface area (Å²) in [7, 11) is -2.27. The molecule has 0 rings (SSSR count). The van der Waals surface area contributed by atoms with Crippen LogP contribution in [0.3, 0.4) is 0 Å². The lowest BCUT2D eigenvalue weighted by Crippen LogP contribution is -2.51. The molecule has 0 unspecified atom stereocenters. The van der Waals surface area contributed by atoms with Crippen molar-refractivity contribution in [3.63, 3.8) is 0 Å². The van der Waals surface area contributed by atoms with Gasteiger partial charge in [0.2, 0.25) is 11.8 Å². The van der Waals surface area contributed by atoms with Gasteiger partial charge in [-0.2, -0.15) is 0 Å². The van der Waals surface area contributed by atoms with E-state index in [1.807, 2.05) is 0 Å². The molecule has 0 aliphatic carbocycles. The van der Waals surface area contributed by atoms with Gasteiger partial charge in [0.15, 0.2) is 16.6 Å². The molecule has 0 aromatic rings. The van der Waals surface area contributed by atoms with Crippen LogP contribution in [-0.4, -0.2) is 79.9 Å². The van der Waals surface area contributed by atoms with Crippen LogP contribution in [-0.2, 0) is 37.5 Å². The summed E-state index contributed by atoms with van der Waals surface area (Å²) in [5.74, 6) is -2.13. The highest BCUT2D eigenvalue weighted by Gasteiger charge is 2.43. The molecule has 10 nitrogen and oxygen atoms in total.